The standard InChI is InChI=1S/C27H29Cl2N3O5S/c1-18-5-8-21(9-6-18)32(38(35,36)23-12-10-22(37-4)11-13-23)17-26(33)31(19(2)27(34)30-3)16-20-7-14-24(28)25(29)15-20/h5-15,19H,16-17H2,1-4H3,(H,30,34). The third kappa shape index (κ3) is 6.78. The number of ether oxygens (including phenoxy) is 1. The van der Waals surface area contributed by atoms with E-state index in [1.807, 2.05) is 6.92 Å². The third-order valence-electron chi connectivity index (χ3n) is 6.00. The van der Waals surface area contributed by atoms with Crippen molar-refractivity contribution < 1.29 is 22.7 Å². The second-order valence-electron chi connectivity index (χ2n) is 8.58. The van der Waals surface area contributed by atoms with Crippen molar-refractivity contribution in [3.05, 3.63) is 87.9 Å². The molecule has 0 aliphatic carbocycles. The van der Waals surface area contributed by atoms with Gasteiger partial charge in [-0.25, -0.2) is 8.42 Å². The molecule has 3 aromatic rings. The first-order chi connectivity index (χ1) is 18.0. The van der Waals surface area contributed by atoms with E-state index in [4.69, 9.17) is 27.9 Å². The summed E-state index contributed by atoms with van der Waals surface area (Å²) >= 11 is 12.2. The minimum absolute atomic E-state index is 0.00856. The van der Waals surface area contributed by atoms with Crippen LogP contribution in [-0.4, -0.2) is 51.9 Å². The first-order valence-electron chi connectivity index (χ1n) is 11.7. The maximum absolute atomic E-state index is 13.8. The average molecular weight is 579 g/mol. The molecule has 2 amide bonds. The number of aryl methyl sites for hydroxylation is 1. The Labute approximate surface area is 233 Å². The molecular formula is C27H29Cl2N3O5S. The monoisotopic (exact) mass is 577 g/mol. The number of carbonyl (C=O) groups is 2. The number of sulfonamides is 1. The molecule has 11 heteroatoms. The molecule has 0 radical (unpaired) electrons. The molecule has 0 saturated carbocycles. The maximum atomic E-state index is 13.8. The van der Waals surface area contributed by atoms with Gasteiger partial charge in [-0.3, -0.25) is 13.9 Å². The molecule has 0 bridgehead atoms. The van der Waals surface area contributed by atoms with E-state index in [2.05, 4.69) is 5.32 Å². The second-order valence-corrected chi connectivity index (χ2v) is 11.3. The van der Waals surface area contributed by atoms with Gasteiger partial charge in [-0.15, -0.1) is 0 Å². The van der Waals surface area contributed by atoms with Crippen molar-refractivity contribution in [1.82, 2.24) is 10.2 Å². The fourth-order valence-corrected chi connectivity index (χ4v) is 5.48. The number of likely N-dealkylation sites (N-methyl/N-ethyl adjacent to an activating group) is 1. The largest absolute Gasteiger partial charge is 0.497 e. The smallest absolute Gasteiger partial charge is 0.264 e. The number of benzene rings is 3. The Morgan fingerprint density at radius 1 is 0.974 bits per heavy atom. The third-order valence-corrected chi connectivity index (χ3v) is 8.53. The Kier molecular flexibility index (Phi) is 9.65. The summed E-state index contributed by atoms with van der Waals surface area (Å²) < 4.78 is 33.7. The average Bonchev–Trinajstić information content (AvgIpc) is 2.91. The SMILES string of the molecule is CNC(=O)C(C)N(Cc1ccc(Cl)c(Cl)c1)C(=O)CN(c1ccc(C)cc1)S(=O)(=O)c1ccc(OC)cc1. The normalized spacial score (nSPS) is 11.9. The first-order valence-corrected chi connectivity index (χ1v) is 13.9. The fourth-order valence-electron chi connectivity index (χ4n) is 3.74. The number of hydrogen-bond acceptors (Lipinski definition) is 5. The Hall–Kier alpha value is -3.27. The van der Waals surface area contributed by atoms with E-state index in [1.54, 1.807) is 49.4 Å². The van der Waals surface area contributed by atoms with E-state index in [1.165, 1.54) is 43.3 Å². The molecule has 3 rings (SSSR count). The van der Waals surface area contributed by atoms with Crippen LogP contribution in [0, 0.1) is 6.92 Å². The minimum Gasteiger partial charge on any atom is -0.497 e. The van der Waals surface area contributed by atoms with Crippen LogP contribution in [0.2, 0.25) is 10.0 Å². The molecule has 0 aromatic heterocycles. The molecule has 38 heavy (non-hydrogen) atoms. The van der Waals surface area contributed by atoms with Crippen molar-refractivity contribution >= 4 is 50.7 Å². The number of nitrogens with one attached hydrogen (secondary N) is 1. The molecule has 1 N–H and O–H groups in total. The zero-order valence-corrected chi connectivity index (χ0v) is 23.8. The van der Waals surface area contributed by atoms with Crippen molar-refractivity contribution in [3.63, 3.8) is 0 Å². The molecule has 8 nitrogen and oxygen atoms in total. The summed E-state index contributed by atoms with van der Waals surface area (Å²) in [7, 11) is -1.22. The highest BCUT2D eigenvalue weighted by molar-refractivity contribution is 7.92. The van der Waals surface area contributed by atoms with Gasteiger partial charge in [-0.05, 0) is 67.9 Å². The molecule has 0 heterocycles. The number of halogens is 2. The van der Waals surface area contributed by atoms with Crippen LogP contribution in [0.4, 0.5) is 5.69 Å². The van der Waals surface area contributed by atoms with Crippen LogP contribution in [0.3, 0.4) is 0 Å². The van der Waals surface area contributed by atoms with Crippen molar-refractivity contribution in [1.29, 1.82) is 0 Å². The quantitative estimate of drug-likeness (QED) is 0.378. The van der Waals surface area contributed by atoms with Gasteiger partial charge in [0.1, 0.15) is 18.3 Å². The summed E-state index contributed by atoms with van der Waals surface area (Å²) in [6, 6.07) is 16.7. The van der Waals surface area contributed by atoms with Gasteiger partial charge in [-0.1, -0.05) is 47.0 Å². The molecule has 1 unspecified atom stereocenters. The molecule has 1 atom stereocenters. The van der Waals surface area contributed by atoms with Crippen molar-refractivity contribution in [3.8, 4) is 5.75 Å². The van der Waals surface area contributed by atoms with Crippen LogP contribution in [0.5, 0.6) is 5.75 Å². The lowest BCUT2D eigenvalue weighted by molar-refractivity contribution is -0.139. The molecule has 0 spiro atoms. The summed E-state index contributed by atoms with van der Waals surface area (Å²) in [5.74, 6) is -0.489. The molecule has 3 aromatic carbocycles. The molecule has 0 saturated heterocycles. The highest BCUT2D eigenvalue weighted by Crippen LogP contribution is 2.27. The van der Waals surface area contributed by atoms with Crippen LogP contribution < -0.4 is 14.4 Å². The lowest BCUT2D eigenvalue weighted by Gasteiger charge is -2.32. The van der Waals surface area contributed by atoms with Crippen molar-refractivity contribution in [2.75, 3.05) is 25.0 Å². The Morgan fingerprint density at radius 3 is 2.16 bits per heavy atom. The van der Waals surface area contributed by atoms with Crippen LogP contribution in [0.15, 0.2) is 71.6 Å². The number of carbonyl (C=O) groups excluding carboxylic acids is 2. The fraction of sp³-hybridized carbons (Fsp3) is 0.259. The topological polar surface area (TPSA) is 96.0 Å². The van der Waals surface area contributed by atoms with E-state index in [0.29, 0.717) is 27.0 Å². The van der Waals surface area contributed by atoms with E-state index in [-0.39, 0.29) is 11.4 Å². The minimum atomic E-state index is -4.17. The number of nitrogens with zero attached hydrogens (tertiary/aromatic N) is 2. The summed E-state index contributed by atoms with van der Waals surface area (Å²) in [6.07, 6.45) is 0. The van der Waals surface area contributed by atoms with Crippen molar-refractivity contribution in [2.24, 2.45) is 0 Å². The highest BCUT2D eigenvalue weighted by atomic mass is 35.5. The summed E-state index contributed by atoms with van der Waals surface area (Å²) in [6.45, 7) is 2.92. The van der Waals surface area contributed by atoms with Gasteiger partial charge in [0.15, 0.2) is 0 Å². The molecule has 0 aliphatic heterocycles. The number of methoxy groups -OCH3 is 1. The van der Waals surface area contributed by atoms with E-state index in [9.17, 15) is 18.0 Å². The van der Waals surface area contributed by atoms with Gasteiger partial charge in [0.25, 0.3) is 10.0 Å². The summed E-state index contributed by atoms with van der Waals surface area (Å²) in [5.41, 5.74) is 1.86. The van der Waals surface area contributed by atoms with Gasteiger partial charge in [0, 0.05) is 13.6 Å². The molecule has 0 aliphatic rings. The summed E-state index contributed by atoms with van der Waals surface area (Å²) in [5, 5.41) is 3.19. The summed E-state index contributed by atoms with van der Waals surface area (Å²) in [4.78, 5) is 27.6. The predicted octanol–water partition coefficient (Wildman–Crippen LogP) is 4.67. The molecule has 202 valence electrons. The van der Waals surface area contributed by atoms with Gasteiger partial charge in [-0.2, -0.15) is 0 Å². The van der Waals surface area contributed by atoms with Crippen LogP contribution in [0.25, 0.3) is 0 Å². The first kappa shape index (κ1) is 29.3. The van der Waals surface area contributed by atoms with E-state index >= 15 is 0 Å². The Bertz CT molecular complexity index is 1400. The number of rotatable bonds is 10. The second kappa shape index (κ2) is 12.5. The maximum Gasteiger partial charge on any atom is 0.264 e. The van der Waals surface area contributed by atoms with Crippen LogP contribution in [0.1, 0.15) is 18.1 Å². The number of anilines is 1. The van der Waals surface area contributed by atoms with E-state index < -0.39 is 34.4 Å². The van der Waals surface area contributed by atoms with Gasteiger partial charge in [0.2, 0.25) is 11.8 Å². The van der Waals surface area contributed by atoms with E-state index in [0.717, 1.165) is 9.87 Å². The van der Waals surface area contributed by atoms with Crippen LogP contribution in [-0.2, 0) is 26.2 Å². The van der Waals surface area contributed by atoms with Crippen LogP contribution >= 0.6 is 23.2 Å². The Balaban J connectivity index is 2.03. The highest BCUT2D eigenvalue weighted by Gasteiger charge is 2.32. The zero-order chi connectivity index (χ0) is 28.0. The molecular weight excluding hydrogens is 549 g/mol. The molecule has 0 fully saturated rings. The van der Waals surface area contributed by atoms with Gasteiger partial charge >= 0.3 is 0 Å². The zero-order valence-electron chi connectivity index (χ0n) is 21.4. The number of amides is 2. The predicted molar refractivity (Wildman–Crippen MR) is 149 cm³/mol. The lowest BCUT2D eigenvalue weighted by atomic mass is 10.1. The Morgan fingerprint density at radius 2 is 1.61 bits per heavy atom. The van der Waals surface area contributed by atoms with Gasteiger partial charge in [0.05, 0.1) is 27.7 Å². The lowest BCUT2D eigenvalue weighted by Crippen LogP contribution is -2.50. The van der Waals surface area contributed by atoms with Crippen molar-refractivity contribution in [2.45, 2.75) is 31.3 Å². The number of hydrogen-bond donors (Lipinski definition) is 1. The van der Waals surface area contributed by atoms with Gasteiger partial charge < -0.3 is 15.0 Å².